The Morgan fingerprint density at radius 3 is 2.56 bits per heavy atom. The van der Waals surface area contributed by atoms with Gasteiger partial charge >= 0.3 is 0 Å². The lowest BCUT2D eigenvalue weighted by Gasteiger charge is -2.04. The molecular weight excluding hydrogens is 248 g/mol. The fourth-order valence-corrected chi connectivity index (χ4v) is 1.81. The zero-order valence-corrected chi connectivity index (χ0v) is 10.6. The second-order valence-electron chi connectivity index (χ2n) is 3.91. The van der Waals surface area contributed by atoms with Crippen LogP contribution in [0.3, 0.4) is 0 Å². The molecule has 0 radical (unpaired) electrons. The predicted octanol–water partition coefficient (Wildman–Crippen LogP) is 3.74. The second-order valence-corrected chi connectivity index (χ2v) is 4.35. The molecule has 0 saturated heterocycles. The van der Waals surface area contributed by atoms with Crippen LogP contribution in [-0.4, -0.2) is 12.4 Å². The molecular formula is C15H13ClO2. The molecule has 0 fully saturated rings. The third-order valence-corrected chi connectivity index (χ3v) is 2.72. The first-order valence-corrected chi connectivity index (χ1v) is 6.04. The molecule has 2 aromatic rings. The van der Waals surface area contributed by atoms with Crippen molar-refractivity contribution in [3.05, 3.63) is 70.7 Å². The van der Waals surface area contributed by atoms with E-state index in [4.69, 9.17) is 16.3 Å². The summed E-state index contributed by atoms with van der Waals surface area (Å²) < 4.78 is 5.38. The van der Waals surface area contributed by atoms with Gasteiger partial charge in [0.25, 0.3) is 0 Å². The van der Waals surface area contributed by atoms with Crippen LogP contribution in [0.5, 0.6) is 0 Å². The zero-order chi connectivity index (χ0) is 12.8. The Labute approximate surface area is 111 Å². The first-order valence-electron chi connectivity index (χ1n) is 5.66. The van der Waals surface area contributed by atoms with Gasteiger partial charge in [-0.3, -0.25) is 4.79 Å². The third kappa shape index (κ3) is 3.69. The number of Topliss-reactive ketones (excluding diaryl/α,β-unsaturated/α-hetero) is 1. The van der Waals surface area contributed by atoms with E-state index in [1.165, 1.54) is 0 Å². The maximum atomic E-state index is 11.8. The summed E-state index contributed by atoms with van der Waals surface area (Å²) in [6.07, 6.45) is 0. The normalized spacial score (nSPS) is 10.3. The summed E-state index contributed by atoms with van der Waals surface area (Å²) in [7, 11) is 0. The number of ether oxygens (including phenoxy) is 1. The van der Waals surface area contributed by atoms with Crippen LogP contribution in [0.4, 0.5) is 0 Å². The van der Waals surface area contributed by atoms with Crippen LogP contribution in [-0.2, 0) is 11.3 Å². The van der Waals surface area contributed by atoms with E-state index in [9.17, 15) is 4.79 Å². The molecule has 2 rings (SSSR count). The van der Waals surface area contributed by atoms with Crippen LogP contribution in [0, 0.1) is 0 Å². The molecule has 0 spiro atoms. The quantitative estimate of drug-likeness (QED) is 0.766. The van der Waals surface area contributed by atoms with Gasteiger partial charge in [-0.25, -0.2) is 0 Å². The van der Waals surface area contributed by atoms with Crippen LogP contribution in [0.25, 0.3) is 0 Å². The SMILES string of the molecule is O=C(COCc1cccc(Cl)c1)c1ccccc1. The number of benzene rings is 2. The smallest absolute Gasteiger partial charge is 0.188 e. The lowest BCUT2D eigenvalue weighted by atomic mass is 10.1. The molecule has 0 aliphatic rings. The van der Waals surface area contributed by atoms with Gasteiger partial charge in [-0.2, -0.15) is 0 Å². The van der Waals surface area contributed by atoms with Gasteiger partial charge in [0.2, 0.25) is 0 Å². The van der Waals surface area contributed by atoms with E-state index in [0.29, 0.717) is 17.2 Å². The van der Waals surface area contributed by atoms with Crippen molar-refractivity contribution in [2.24, 2.45) is 0 Å². The molecule has 0 unspecified atom stereocenters. The number of halogens is 1. The van der Waals surface area contributed by atoms with E-state index < -0.39 is 0 Å². The van der Waals surface area contributed by atoms with E-state index in [1.807, 2.05) is 36.4 Å². The molecule has 3 heteroatoms. The lowest BCUT2D eigenvalue weighted by Crippen LogP contribution is -2.08. The highest BCUT2D eigenvalue weighted by Gasteiger charge is 2.04. The maximum Gasteiger partial charge on any atom is 0.188 e. The van der Waals surface area contributed by atoms with Gasteiger partial charge in [0.05, 0.1) is 6.61 Å². The van der Waals surface area contributed by atoms with E-state index in [1.54, 1.807) is 18.2 Å². The average Bonchev–Trinajstić information content (AvgIpc) is 2.40. The van der Waals surface area contributed by atoms with Crippen molar-refractivity contribution in [2.45, 2.75) is 6.61 Å². The Morgan fingerprint density at radius 2 is 1.83 bits per heavy atom. The van der Waals surface area contributed by atoms with Crippen molar-refractivity contribution in [3.63, 3.8) is 0 Å². The van der Waals surface area contributed by atoms with Crippen molar-refractivity contribution < 1.29 is 9.53 Å². The Kier molecular flexibility index (Phi) is 4.51. The molecule has 0 heterocycles. The molecule has 0 N–H and O–H groups in total. The van der Waals surface area contributed by atoms with Gasteiger partial charge in [-0.15, -0.1) is 0 Å². The number of rotatable bonds is 5. The highest BCUT2D eigenvalue weighted by atomic mass is 35.5. The average molecular weight is 261 g/mol. The Morgan fingerprint density at radius 1 is 1.06 bits per heavy atom. The second kappa shape index (κ2) is 6.34. The van der Waals surface area contributed by atoms with Crippen LogP contribution in [0.1, 0.15) is 15.9 Å². The van der Waals surface area contributed by atoms with Crippen molar-refractivity contribution in [1.82, 2.24) is 0 Å². The highest BCUT2D eigenvalue weighted by molar-refractivity contribution is 6.30. The topological polar surface area (TPSA) is 26.3 Å². The van der Waals surface area contributed by atoms with E-state index in [2.05, 4.69) is 0 Å². The van der Waals surface area contributed by atoms with Crippen molar-refractivity contribution in [3.8, 4) is 0 Å². The fourth-order valence-electron chi connectivity index (χ4n) is 1.60. The molecule has 0 aliphatic heterocycles. The summed E-state index contributed by atoms with van der Waals surface area (Å²) in [4.78, 5) is 11.8. The number of carbonyl (C=O) groups is 1. The van der Waals surface area contributed by atoms with Gasteiger partial charge in [-0.05, 0) is 17.7 Å². The highest BCUT2D eigenvalue weighted by Crippen LogP contribution is 2.11. The molecule has 18 heavy (non-hydrogen) atoms. The molecule has 0 bridgehead atoms. The molecule has 0 atom stereocenters. The number of carbonyl (C=O) groups excluding carboxylic acids is 1. The largest absolute Gasteiger partial charge is 0.369 e. The number of ketones is 1. The summed E-state index contributed by atoms with van der Waals surface area (Å²) in [5, 5.41) is 0.672. The van der Waals surface area contributed by atoms with Crippen molar-refractivity contribution in [1.29, 1.82) is 0 Å². The fraction of sp³-hybridized carbons (Fsp3) is 0.133. The molecule has 92 valence electrons. The van der Waals surface area contributed by atoms with Gasteiger partial charge in [0.15, 0.2) is 5.78 Å². The Balaban J connectivity index is 1.84. The first kappa shape index (κ1) is 12.8. The number of hydrogen-bond acceptors (Lipinski definition) is 2. The molecule has 0 saturated carbocycles. The van der Waals surface area contributed by atoms with Crippen LogP contribution in [0.2, 0.25) is 5.02 Å². The lowest BCUT2D eigenvalue weighted by molar-refractivity contribution is 0.0726. The van der Waals surface area contributed by atoms with Crippen molar-refractivity contribution in [2.75, 3.05) is 6.61 Å². The Hall–Kier alpha value is -1.64. The number of hydrogen-bond donors (Lipinski definition) is 0. The van der Waals surface area contributed by atoms with E-state index >= 15 is 0 Å². The van der Waals surface area contributed by atoms with E-state index in [-0.39, 0.29) is 12.4 Å². The standard InChI is InChI=1S/C15H13ClO2/c16-14-8-4-5-12(9-14)10-18-11-15(17)13-6-2-1-3-7-13/h1-9H,10-11H2. The monoisotopic (exact) mass is 260 g/mol. The van der Waals surface area contributed by atoms with Gasteiger partial charge in [0, 0.05) is 10.6 Å². The summed E-state index contributed by atoms with van der Waals surface area (Å²) in [5.74, 6) is -0.0161. The van der Waals surface area contributed by atoms with E-state index in [0.717, 1.165) is 5.56 Å². The minimum absolute atomic E-state index is 0.0161. The van der Waals surface area contributed by atoms with Crippen molar-refractivity contribution >= 4 is 17.4 Å². The molecule has 2 aromatic carbocycles. The van der Waals surface area contributed by atoms with Crippen LogP contribution in [0.15, 0.2) is 54.6 Å². The molecule has 0 aromatic heterocycles. The summed E-state index contributed by atoms with van der Waals surface area (Å²) in [6.45, 7) is 0.468. The summed E-state index contributed by atoms with van der Waals surface area (Å²) in [5.41, 5.74) is 1.63. The molecule has 2 nitrogen and oxygen atoms in total. The minimum Gasteiger partial charge on any atom is -0.369 e. The third-order valence-electron chi connectivity index (χ3n) is 2.49. The van der Waals surface area contributed by atoms with Gasteiger partial charge in [-0.1, -0.05) is 54.1 Å². The zero-order valence-electron chi connectivity index (χ0n) is 9.80. The minimum atomic E-state index is -0.0161. The van der Waals surface area contributed by atoms with Gasteiger partial charge < -0.3 is 4.74 Å². The summed E-state index contributed by atoms with van der Waals surface area (Å²) >= 11 is 5.86. The maximum absolute atomic E-state index is 11.8. The molecule has 0 aliphatic carbocycles. The predicted molar refractivity (Wildman–Crippen MR) is 71.9 cm³/mol. The van der Waals surface area contributed by atoms with Gasteiger partial charge in [0.1, 0.15) is 6.61 Å². The molecule has 0 amide bonds. The van der Waals surface area contributed by atoms with Crippen LogP contribution < -0.4 is 0 Å². The van der Waals surface area contributed by atoms with Crippen LogP contribution >= 0.6 is 11.6 Å². The summed E-state index contributed by atoms with van der Waals surface area (Å²) in [6, 6.07) is 16.5. The Bertz CT molecular complexity index is 523. The first-order chi connectivity index (χ1) is 8.75.